The monoisotopic (exact) mass is 201 g/mol. The van der Waals surface area contributed by atoms with Gasteiger partial charge in [-0.2, -0.15) is 0 Å². The van der Waals surface area contributed by atoms with E-state index in [4.69, 9.17) is 11.6 Å². The second-order valence-corrected chi connectivity index (χ2v) is 2.82. The molecule has 13 heavy (non-hydrogen) atoms. The molecular formula is C7H4ClNO4. The maximum Gasteiger partial charge on any atom is 0.324 e. The van der Waals surface area contributed by atoms with Crippen LogP contribution in [0.1, 0.15) is 6.92 Å². The average molecular weight is 202 g/mol. The number of hydrogen-bond acceptors (Lipinski definition) is 4. The largest absolute Gasteiger partial charge is 0.324 e. The van der Waals surface area contributed by atoms with Gasteiger partial charge in [-0.15, -0.1) is 0 Å². The molecule has 6 heteroatoms. The Kier molecular flexibility index (Phi) is 2.29. The van der Waals surface area contributed by atoms with Gasteiger partial charge in [0.05, 0.1) is 15.5 Å². The maximum absolute atomic E-state index is 11.1. The van der Waals surface area contributed by atoms with Crippen molar-refractivity contribution in [1.29, 1.82) is 0 Å². The zero-order valence-corrected chi connectivity index (χ0v) is 7.29. The fraction of sp³-hybridized carbons (Fsp3) is 0.143. The third-order valence-corrected chi connectivity index (χ3v) is 1.88. The van der Waals surface area contributed by atoms with Crippen LogP contribution in [0.15, 0.2) is 22.4 Å². The Hall–Kier alpha value is -1.49. The lowest BCUT2D eigenvalue weighted by atomic mass is 10.0. The van der Waals surface area contributed by atoms with Gasteiger partial charge in [-0.3, -0.25) is 19.7 Å². The van der Waals surface area contributed by atoms with Gasteiger partial charge in [-0.05, 0) is 6.92 Å². The number of nitrogens with zero attached hydrogens (tertiary/aromatic N) is 1. The molecule has 0 atom stereocenters. The molecule has 5 nitrogen and oxygen atoms in total. The summed E-state index contributed by atoms with van der Waals surface area (Å²) in [5.74, 6) is -1.51. The van der Waals surface area contributed by atoms with Gasteiger partial charge in [0, 0.05) is 6.08 Å². The second-order valence-electron chi connectivity index (χ2n) is 2.42. The molecule has 0 N–H and O–H groups in total. The van der Waals surface area contributed by atoms with Gasteiger partial charge in [0.25, 0.3) is 5.78 Å². The molecule has 0 aromatic heterocycles. The highest BCUT2D eigenvalue weighted by molar-refractivity contribution is 6.48. The molecule has 1 rings (SSSR count). The standard InChI is InChI=1S/C7H4ClNO4/c1-3-5(10)2-4(8)7(11)6(3)9(12)13/h2H,1H3. The smallest absolute Gasteiger partial charge is 0.289 e. The van der Waals surface area contributed by atoms with Gasteiger partial charge < -0.3 is 0 Å². The van der Waals surface area contributed by atoms with E-state index < -0.39 is 27.2 Å². The summed E-state index contributed by atoms with van der Waals surface area (Å²) in [6.45, 7) is 1.22. The van der Waals surface area contributed by atoms with Crippen molar-refractivity contribution in [3.8, 4) is 0 Å². The summed E-state index contributed by atoms with van der Waals surface area (Å²) in [6.07, 6.45) is 0.881. The Morgan fingerprint density at radius 3 is 2.46 bits per heavy atom. The zero-order chi connectivity index (χ0) is 10.2. The van der Waals surface area contributed by atoms with Crippen LogP contribution in [-0.2, 0) is 9.59 Å². The predicted octanol–water partition coefficient (Wildman–Crippen LogP) is 0.812. The number of hydrogen-bond donors (Lipinski definition) is 0. The molecule has 0 aliphatic heterocycles. The van der Waals surface area contributed by atoms with E-state index in [1.807, 2.05) is 0 Å². The summed E-state index contributed by atoms with van der Waals surface area (Å²) in [4.78, 5) is 31.5. The Bertz CT molecular complexity index is 380. The molecule has 0 saturated heterocycles. The van der Waals surface area contributed by atoms with Crippen molar-refractivity contribution in [2.45, 2.75) is 6.92 Å². The maximum atomic E-state index is 11.1. The number of ketones is 2. The Morgan fingerprint density at radius 2 is 2.00 bits per heavy atom. The summed E-state index contributed by atoms with van der Waals surface area (Å²) < 4.78 is 0. The number of carbonyl (C=O) groups excluding carboxylic acids is 2. The molecule has 0 bridgehead atoms. The van der Waals surface area contributed by atoms with Crippen molar-refractivity contribution >= 4 is 23.2 Å². The van der Waals surface area contributed by atoms with Crippen LogP contribution in [-0.4, -0.2) is 16.5 Å². The molecule has 0 spiro atoms. The SMILES string of the molecule is CC1=C([N+](=O)[O-])C(=O)C(Cl)=CC1=O. The third kappa shape index (κ3) is 1.50. The summed E-state index contributed by atoms with van der Waals surface area (Å²) in [6, 6.07) is 0. The van der Waals surface area contributed by atoms with Crippen LogP contribution in [0.2, 0.25) is 0 Å². The number of carbonyl (C=O) groups is 2. The fourth-order valence-electron chi connectivity index (χ4n) is 0.909. The molecule has 1 aliphatic rings. The van der Waals surface area contributed by atoms with E-state index in [2.05, 4.69) is 0 Å². The van der Waals surface area contributed by atoms with Crippen LogP contribution in [0, 0.1) is 10.1 Å². The zero-order valence-electron chi connectivity index (χ0n) is 6.54. The minimum atomic E-state index is -0.913. The number of nitro groups is 1. The number of rotatable bonds is 1. The fourth-order valence-corrected chi connectivity index (χ4v) is 1.10. The lowest BCUT2D eigenvalue weighted by Crippen LogP contribution is -2.21. The van der Waals surface area contributed by atoms with Gasteiger partial charge in [0.2, 0.25) is 0 Å². The van der Waals surface area contributed by atoms with Crippen LogP contribution in [0.4, 0.5) is 0 Å². The molecule has 0 aromatic rings. The van der Waals surface area contributed by atoms with E-state index in [1.54, 1.807) is 0 Å². The lowest BCUT2D eigenvalue weighted by molar-refractivity contribution is -0.419. The predicted molar refractivity (Wildman–Crippen MR) is 43.6 cm³/mol. The van der Waals surface area contributed by atoms with Gasteiger partial charge in [0.1, 0.15) is 0 Å². The summed E-state index contributed by atoms with van der Waals surface area (Å²) in [5, 5.41) is 9.94. The van der Waals surface area contributed by atoms with Crippen LogP contribution in [0.3, 0.4) is 0 Å². The van der Waals surface area contributed by atoms with Crippen molar-refractivity contribution in [2.24, 2.45) is 0 Å². The first-order chi connectivity index (χ1) is 5.95. The Labute approximate surface area is 77.8 Å². The Balaban J connectivity index is 3.31. The third-order valence-electron chi connectivity index (χ3n) is 1.60. The topological polar surface area (TPSA) is 77.3 Å². The first-order valence-corrected chi connectivity index (χ1v) is 3.64. The minimum Gasteiger partial charge on any atom is -0.289 e. The van der Waals surface area contributed by atoms with Crippen LogP contribution in [0.5, 0.6) is 0 Å². The quantitative estimate of drug-likeness (QED) is 0.357. The number of halogens is 1. The molecule has 0 unspecified atom stereocenters. The highest BCUT2D eigenvalue weighted by atomic mass is 35.5. The van der Waals surface area contributed by atoms with E-state index in [9.17, 15) is 19.7 Å². The first kappa shape index (κ1) is 9.60. The number of Topliss-reactive ketones (excluding diaryl/α,β-unsaturated/α-hetero) is 1. The molecule has 0 amide bonds. The molecule has 0 saturated carbocycles. The van der Waals surface area contributed by atoms with Crippen LogP contribution < -0.4 is 0 Å². The second kappa shape index (κ2) is 3.10. The molecule has 1 aliphatic carbocycles. The summed E-state index contributed by atoms with van der Waals surface area (Å²) >= 11 is 5.32. The molecular weight excluding hydrogens is 198 g/mol. The molecule has 0 aromatic carbocycles. The first-order valence-electron chi connectivity index (χ1n) is 3.26. The van der Waals surface area contributed by atoms with E-state index in [1.165, 1.54) is 6.92 Å². The summed E-state index contributed by atoms with van der Waals surface area (Å²) in [5.41, 5.74) is -0.920. The Morgan fingerprint density at radius 1 is 1.46 bits per heavy atom. The van der Waals surface area contributed by atoms with Crippen LogP contribution >= 0.6 is 11.6 Å². The molecule has 68 valence electrons. The van der Waals surface area contributed by atoms with Gasteiger partial charge in [0.15, 0.2) is 5.78 Å². The van der Waals surface area contributed by atoms with Crippen molar-refractivity contribution in [2.75, 3.05) is 0 Å². The summed E-state index contributed by atoms with van der Waals surface area (Å²) in [7, 11) is 0. The van der Waals surface area contributed by atoms with E-state index in [0.29, 0.717) is 0 Å². The molecule has 0 fully saturated rings. The molecule has 0 radical (unpaired) electrons. The normalized spacial score (nSPS) is 17.5. The van der Waals surface area contributed by atoms with Gasteiger partial charge >= 0.3 is 5.70 Å². The minimum absolute atomic E-state index is 0.181. The van der Waals surface area contributed by atoms with Crippen molar-refractivity contribution in [3.63, 3.8) is 0 Å². The highest BCUT2D eigenvalue weighted by Gasteiger charge is 2.34. The van der Waals surface area contributed by atoms with E-state index >= 15 is 0 Å². The van der Waals surface area contributed by atoms with E-state index in [-0.39, 0.29) is 5.57 Å². The lowest BCUT2D eigenvalue weighted by Gasteiger charge is -2.05. The molecule has 0 heterocycles. The average Bonchev–Trinajstić information content (AvgIpc) is 2.01. The van der Waals surface area contributed by atoms with Crippen molar-refractivity contribution < 1.29 is 14.5 Å². The number of allylic oxidation sites excluding steroid dienone is 3. The van der Waals surface area contributed by atoms with Crippen molar-refractivity contribution in [3.05, 3.63) is 32.5 Å². The highest BCUT2D eigenvalue weighted by Crippen LogP contribution is 2.21. The van der Waals surface area contributed by atoms with E-state index in [0.717, 1.165) is 6.08 Å². The van der Waals surface area contributed by atoms with Gasteiger partial charge in [-0.25, -0.2) is 0 Å². The van der Waals surface area contributed by atoms with Crippen molar-refractivity contribution in [1.82, 2.24) is 0 Å². The van der Waals surface area contributed by atoms with Gasteiger partial charge in [-0.1, -0.05) is 11.6 Å². The van der Waals surface area contributed by atoms with Crippen LogP contribution in [0.25, 0.3) is 0 Å².